The molecule has 0 fully saturated rings. The number of nitriles is 1. The fraction of sp³-hybridized carbons (Fsp3) is 0.167. The van der Waals surface area contributed by atoms with E-state index < -0.39 is 6.67 Å². The molecule has 0 aliphatic heterocycles. The quantitative estimate of drug-likeness (QED) is 0.878. The van der Waals surface area contributed by atoms with Gasteiger partial charge in [0.1, 0.15) is 6.07 Å². The molecule has 0 atom stereocenters. The second kappa shape index (κ2) is 5.12. The van der Waals surface area contributed by atoms with Gasteiger partial charge in [-0.3, -0.25) is 0 Å². The van der Waals surface area contributed by atoms with Crippen molar-refractivity contribution >= 4 is 5.88 Å². The van der Waals surface area contributed by atoms with E-state index in [9.17, 15) is 4.39 Å². The summed E-state index contributed by atoms with van der Waals surface area (Å²) >= 11 is 0. The van der Waals surface area contributed by atoms with E-state index in [1.165, 1.54) is 0 Å². The third-order valence-electron chi connectivity index (χ3n) is 2.19. The molecule has 17 heavy (non-hydrogen) atoms. The van der Waals surface area contributed by atoms with E-state index in [1.54, 1.807) is 0 Å². The molecule has 0 spiro atoms. The zero-order valence-electron chi connectivity index (χ0n) is 8.98. The Labute approximate surface area is 97.7 Å². The first-order valence-electron chi connectivity index (χ1n) is 5.07. The Kier molecular flexibility index (Phi) is 3.36. The monoisotopic (exact) mass is 231 g/mol. The molecule has 1 aromatic heterocycles. The molecule has 1 N–H and O–H groups in total. The van der Waals surface area contributed by atoms with Crippen LogP contribution in [-0.2, 0) is 13.2 Å². The summed E-state index contributed by atoms with van der Waals surface area (Å²) in [7, 11) is 0. The third kappa shape index (κ3) is 2.61. The van der Waals surface area contributed by atoms with Crippen molar-refractivity contribution in [2.75, 3.05) is 5.32 Å². The third-order valence-corrected chi connectivity index (χ3v) is 2.19. The number of alkyl halides is 1. The predicted octanol–water partition coefficient (Wildman–Crippen LogP) is 2.63. The van der Waals surface area contributed by atoms with Crippen LogP contribution in [0.3, 0.4) is 0 Å². The van der Waals surface area contributed by atoms with Gasteiger partial charge < -0.3 is 9.73 Å². The van der Waals surface area contributed by atoms with Crippen LogP contribution < -0.4 is 5.32 Å². The lowest BCUT2D eigenvalue weighted by molar-refractivity contribution is 0.385. The molecular formula is C12H10FN3O. The molecule has 0 aliphatic rings. The summed E-state index contributed by atoms with van der Waals surface area (Å²) in [6, 6.07) is 11.5. The van der Waals surface area contributed by atoms with Gasteiger partial charge in [0.05, 0.1) is 0 Å². The lowest BCUT2D eigenvalue weighted by atomic mass is 10.2. The van der Waals surface area contributed by atoms with Gasteiger partial charge in [0, 0.05) is 6.54 Å². The zero-order chi connectivity index (χ0) is 12.1. The van der Waals surface area contributed by atoms with E-state index in [4.69, 9.17) is 9.68 Å². The second-order valence-corrected chi connectivity index (χ2v) is 3.37. The number of anilines is 1. The minimum Gasteiger partial charge on any atom is -0.421 e. The van der Waals surface area contributed by atoms with Crippen molar-refractivity contribution in [2.24, 2.45) is 0 Å². The van der Waals surface area contributed by atoms with Crippen molar-refractivity contribution < 1.29 is 8.81 Å². The number of aromatic nitrogens is 1. The Bertz CT molecular complexity index is 530. The lowest BCUT2D eigenvalue weighted by Gasteiger charge is -2.02. The normalized spacial score (nSPS) is 9.88. The first-order valence-corrected chi connectivity index (χ1v) is 5.07. The van der Waals surface area contributed by atoms with Gasteiger partial charge in [0.2, 0.25) is 17.5 Å². The standard InChI is InChI=1S/C12H10FN3O/c13-6-11-16-10(7-14)12(17-11)15-8-9-4-2-1-3-5-9/h1-5,15H,6,8H2. The van der Waals surface area contributed by atoms with Crippen molar-refractivity contribution in [2.45, 2.75) is 13.2 Å². The van der Waals surface area contributed by atoms with Crippen LogP contribution in [0.25, 0.3) is 0 Å². The molecule has 1 aromatic carbocycles. The summed E-state index contributed by atoms with van der Waals surface area (Å²) < 4.78 is 17.4. The van der Waals surface area contributed by atoms with Crippen molar-refractivity contribution in [3.05, 3.63) is 47.5 Å². The Morgan fingerprint density at radius 3 is 2.76 bits per heavy atom. The molecule has 86 valence electrons. The van der Waals surface area contributed by atoms with Gasteiger partial charge in [-0.1, -0.05) is 30.3 Å². The topological polar surface area (TPSA) is 61.9 Å². The van der Waals surface area contributed by atoms with Gasteiger partial charge in [-0.2, -0.15) is 10.2 Å². The molecule has 5 heteroatoms. The Balaban J connectivity index is 2.09. The molecule has 2 aromatic rings. The van der Waals surface area contributed by atoms with Gasteiger partial charge in [-0.05, 0) is 5.56 Å². The maximum absolute atomic E-state index is 12.3. The van der Waals surface area contributed by atoms with Crippen LogP contribution in [-0.4, -0.2) is 4.98 Å². The Morgan fingerprint density at radius 2 is 2.12 bits per heavy atom. The minimum absolute atomic E-state index is 0.0774. The SMILES string of the molecule is N#Cc1nc(CF)oc1NCc1ccccc1. The predicted molar refractivity (Wildman–Crippen MR) is 59.8 cm³/mol. The molecule has 0 saturated heterocycles. The fourth-order valence-corrected chi connectivity index (χ4v) is 1.40. The van der Waals surface area contributed by atoms with E-state index in [2.05, 4.69) is 10.3 Å². The first-order chi connectivity index (χ1) is 8.33. The molecule has 2 rings (SSSR count). The zero-order valence-corrected chi connectivity index (χ0v) is 8.98. The smallest absolute Gasteiger partial charge is 0.232 e. The number of oxazole rings is 1. The number of rotatable bonds is 4. The van der Waals surface area contributed by atoms with E-state index in [0.29, 0.717) is 6.54 Å². The van der Waals surface area contributed by atoms with Crippen LogP contribution in [0.5, 0.6) is 0 Å². The Hall–Kier alpha value is -2.35. The average molecular weight is 231 g/mol. The highest BCUT2D eigenvalue weighted by Crippen LogP contribution is 2.18. The molecule has 1 heterocycles. The maximum Gasteiger partial charge on any atom is 0.232 e. The fourth-order valence-electron chi connectivity index (χ4n) is 1.40. The van der Waals surface area contributed by atoms with Crippen LogP contribution in [0.15, 0.2) is 34.7 Å². The molecule has 4 nitrogen and oxygen atoms in total. The van der Waals surface area contributed by atoms with Gasteiger partial charge in [0.15, 0.2) is 6.67 Å². The highest BCUT2D eigenvalue weighted by atomic mass is 19.1. The Morgan fingerprint density at radius 1 is 1.35 bits per heavy atom. The number of nitrogens with zero attached hydrogens (tertiary/aromatic N) is 2. The number of benzene rings is 1. The van der Waals surface area contributed by atoms with Crippen LogP contribution in [0.1, 0.15) is 17.1 Å². The van der Waals surface area contributed by atoms with Crippen molar-refractivity contribution in [1.82, 2.24) is 4.98 Å². The number of nitrogens with one attached hydrogen (secondary N) is 1. The number of halogens is 1. The van der Waals surface area contributed by atoms with Crippen molar-refractivity contribution in [1.29, 1.82) is 5.26 Å². The van der Waals surface area contributed by atoms with E-state index in [1.807, 2.05) is 36.4 Å². The highest BCUT2D eigenvalue weighted by molar-refractivity contribution is 5.45. The molecule has 0 bridgehead atoms. The summed E-state index contributed by atoms with van der Waals surface area (Å²) in [6.45, 7) is -0.321. The largest absolute Gasteiger partial charge is 0.421 e. The van der Waals surface area contributed by atoms with Gasteiger partial charge in [-0.25, -0.2) is 4.39 Å². The van der Waals surface area contributed by atoms with Crippen LogP contribution in [0.4, 0.5) is 10.3 Å². The molecule has 0 radical (unpaired) electrons. The van der Waals surface area contributed by atoms with Crippen LogP contribution in [0, 0.1) is 11.3 Å². The summed E-state index contributed by atoms with van der Waals surface area (Å²) in [5.74, 6) is 0.126. The van der Waals surface area contributed by atoms with E-state index in [-0.39, 0.29) is 17.5 Å². The minimum atomic E-state index is -0.818. The number of hydrogen-bond acceptors (Lipinski definition) is 4. The van der Waals surface area contributed by atoms with Gasteiger partial charge in [-0.15, -0.1) is 0 Å². The van der Waals surface area contributed by atoms with Crippen LogP contribution >= 0.6 is 0 Å². The van der Waals surface area contributed by atoms with Crippen molar-refractivity contribution in [3.8, 4) is 6.07 Å². The second-order valence-electron chi connectivity index (χ2n) is 3.37. The molecule has 0 aliphatic carbocycles. The molecule has 0 amide bonds. The van der Waals surface area contributed by atoms with E-state index >= 15 is 0 Å². The maximum atomic E-state index is 12.3. The van der Waals surface area contributed by atoms with Crippen LogP contribution in [0.2, 0.25) is 0 Å². The summed E-state index contributed by atoms with van der Waals surface area (Å²) in [5.41, 5.74) is 1.11. The average Bonchev–Trinajstić information content (AvgIpc) is 2.80. The van der Waals surface area contributed by atoms with Crippen molar-refractivity contribution in [3.63, 3.8) is 0 Å². The summed E-state index contributed by atoms with van der Waals surface area (Å²) in [6.07, 6.45) is 0. The number of hydrogen-bond donors (Lipinski definition) is 1. The highest BCUT2D eigenvalue weighted by Gasteiger charge is 2.11. The van der Waals surface area contributed by atoms with E-state index in [0.717, 1.165) is 5.56 Å². The lowest BCUT2D eigenvalue weighted by Crippen LogP contribution is -1.99. The first kappa shape index (κ1) is 11.1. The molecule has 0 unspecified atom stereocenters. The summed E-state index contributed by atoms with van der Waals surface area (Å²) in [5, 5.41) is 11.7. The summed E-state index contributed by atoms with van der Waals surface area (Å²) in [4.78, 5) is 3.69. The molecular weight excluding hydrogens is 221 g/mol. The van der Waals surface area contributed by atoms with Gasteiger partial charge >= 0.3 is 0 Å². The molecule has 0 saturated carbocycles. The van der Waals surface area contributed by atoms with Gasteiger partial charge in [0.25, 0.3) is 0 Å².